The molecule has 1 aromatic carbocycles. The van der Waals surface area contributed by atoms with Crippen molar-refractivity contribution in [2.75, 3.05) is 0 Å². The molecular formula is C15H20ClNO2. The lowest BCUT2D eigenvalue weighted by atomic mass is 9.93. The van der Waals surface area contributed by atoms with Crippen LogP contribution in [-0.4, -0.2) is 23.2 Å². The molecule has 0 atom stereocenters. The first-order valence-electron chi connectivity index (χ1n) is 6.85. The quantitative estimate of drug-likeness (QED) is 0.891. The molecule has 1 fully saturated rings. The Bertz CT molecular complexity index is 428. The number of carbonyl (C=O) groups excluding carboxylic acids is 1. The Labute approximate surface area is 119 Å². The van der Waals surface area contributed by atoms with Gasteiger partial charge in [-0.1, -0.05) is 23.7 Å². The van der Waals surface area contributed by atoms with Crippen LogP contribution in [0.3, 0.4) is 0 Å². The van der Waals surface area contributed by atoms with Crippen LogP contribution >= 0.6 is 11.6 Å². The van der Waals surface area contributed by atoms with Crippen molar-refractivity contribution in [1.82, 2.24) is 5.32 Å². The molecule has 1 aliphatic carbocycles. The monoisotopic (exact) mass is 281 g/mol. The van der Waals surface area contributed by atoms with Crippen LogP contribution in [0.5, 0.6) is 0 Å². The second-order valence-electron chi connectivity index (χ2n) is 5.20. The summed E-state index contributed by atoms with van der Waals surface area (Å²) in [7, 11) is 0. The van der Waals surface area contributed by atoms with Gasteiger partial charge in [0.2, 0.25) is 5.91 Å². The van der Waals surface area contributed by atoms with Crippen LogP contribution in [0.4, 0.5) is 0 Å². The highest BCUT2D eigenvalue weighted by atomic mass is 35.5. The fourth-order valence-corrected chi connectivity index (χ4v) is 2.68. The Balaban J connectivity index is 1.73. The van der Waals surface area contributed by atoms with Crippen LogP contribution < -0.4 is 5.32 Å². The lowest BCUT2D eigenvalue weighted by Gasteiger charge is -2.26. The third kappa shape index (κ3) is 4.84. The molecule has 19 heavy (non-hydrogen) atoms. The van der Waals surface area contributed by atoms with E-state index in [-0.39, 0.29) is 18.1 Å². The van der Waals surface area contributed by atoms with Gasteiger partial charge in [-0.05, 0) is 49.8 Å². The number of amides is 1. The number of hydrogen-bond donors (Lipinski definition) is 2. The Kier molecular flexibility index (Phi) is 5.23. The van der Waals surface area contributed by atoms with Gasteiger partial charge in [-0.25, -0.2) is 0 Å². The Hall–Kier alpha value is -1.06. The summed E-state index contributed by atoms with van der Waals surface area (Å²) < 4.78 is 0. The van der Waals surface area contributed by atoms with Crippen molar-refractivity contribution in [3.63, 3.8) is 0 Å². The van der Waals surface area contributed by atoms with E-state index in [1.807, 2.05) is 24.3 Å². The predicted molar refractivity (Wildman–Crippen MR) is 76.2 cm³/mol. The van der Waals surface area contributed by atoms with Gasteiger partial charge in [0.15, 0.2) is 0 Å². The van der Waals surface area contributed by atoms with E-state index in [1.165, 1.54) is 0 Å². The van der Waals surface area contributed by atoms with Crippen LogP contribution in [0.1, 0.15) is 37.7 Å². The standard InChI is InChI=1S/C15H20ClNO2/c16-12-3-1-2-11(10-12)4-9-15(19)17-13-5-7-14(18)8-6-13/h1-3,10,13-14,18H,4-9H2,(H,17,19). The molecular weight excluding hydrogens is 262 g/mol. The summed E-state index contributed by atoms with van der Waals surface area (Å²) in [5.74, 6) is 0.0846. The topological polar surface area (TPSA) is 49.3 Å². The molecule has 0 unspecified atom stereocenters. The number of benzene rings is 1. The van der Waals surface area contributed by atoms with Gasteiger partial charge in [0, 0.05) is 17.5 Å². The number of halogens is 1. The minimum Gasteiger partial charge on any atom is -0.393 e. The zero-order chi connectivity index (χ0) is 13.7. The third-order valence-corrected chi connectivity index (χ3v) is 3.83. The van der Waals surface area contributed by atoms with E-state index in [2.05, 4.69) is 5.32 Å². The highest BCUT2D eigenvalue weighted by molar-refractivity contribution is 6.30. The molecule has 1 amide bonds. The van der Waals surface area contributed by atoms with Crippen molar-refractivity contribution in [2.45, 2.75) is 50.7 Å². The lowest BCUT2D eigenvalue weighted by Crippen LogP contribution is -2.38. The summed E-state index contributed by atoms with van der Waals surface area (Å²) in [4.78, 5) is 11.8. The molecule has 0 bridgehead atoms. The highest BCUT2D eigenvalue weighted by Gasteiger charge is 2.20. The second-order valence-corrected chi connectivity index (χ2v) is 5.64. The first-order valence-corrected chi connectivity index (χ1v) is 7.23. The first-order chi connectivity index (χ1) is 9.13. The molecule has 1 aliphatic rings. The fraction of sp³-hybridized carbons (Fsp3) is 0.533. The number of nitrogens with one attached hydrogen (secondary N) is 1. The van der Waals surface area contributed by atoms with Crippen molar-refractivity contribution in [1.29, 1.82) is 0 Å². The largest absolute Gasteiger partial charge is 0.393 e. The molecule has 0 heterocycles. The molecule has 1 saturated carbocycles. The van der Waals surface area contributed by atoms with Crippen LogP contribution in [0, 0.1) is 0 Å². The van der Waals surface area contributed by atoms with Crippen molar-refractivity contribution in [3.8, 4) is 0 Å². The molecule has 0 aromatic heterocycles. The maximum atomic E-state index is 11.8. The van der Waals surface area contributed by atoms with Crippen LogP contribution in [0.15, 0.2) is 24.3 Å². The van der Waals surface area contributed by atoms with E-state index in [0.717, 1.165) is 31.2 Å². The maximum absolute atomic E-state index is 11.8. The van der Waals surface area contributed by atoms with Crippen LogP contribution in [0.2, 0.25) is 5.02 Å². The van der Waals surface area contributed by atoms with Crippen LogP contribution in [-0.2, 0) is 11.2 Å². The molecule has 2 rings (SSSR count). The highest BCUT2D eigenvalue weighted by Crippen LogP contribution is 2.18. The van der Waals surface area contributed by atoms with Gasteiger partial charge >= 0.3 is 0 Å². The smallest absolute Gasteiger partial charge is 0.220 e. The van der Waals surface area contributed by atoms with E-state index in [4.69, 9.17) is 11.6 Å². The zero-order valence-electron chi connectivity index (χ0n) is 10.9. The summed E-state index contributed by atoms with van der Waals surface area (Å²) in [6.45, 7) is 0. The van der Waals surface area contributed by atoms with Gasteiger partial charge < -0.3 is 10.4 Å². The summed E-state index contributed by atoms with van der Waals surface area (Å²) in [6.07, 6.45) is 4.35. The molecule has 4 heteroatoms. The minimum absolute atomic E-state index is 0.0846. The number of carbonyl (C=O) groups is 1. The summed E-state index contributed by atoms with van der Waals surface area (Å²) >= 11 is 5.91. The van der Waals surface area contributed by atoms with Crippen molar-refractivity contribution in [2.24, 2.45) is 0 Å². The second kappa shape index (κ2) is 6.92. The molecule has 104 valence electrons. The SMILES string of the molecule is O=C(CCc1cccc(Cl)c1)NC1CCC(O)CC1. The molecule has 0 aliphatic heterocycles. The van der Waals surface area contributed by atoms with E-state index in [1.54, 1.807) is 0 Å². The van der Waals surface area contributed by atoms with Gasteiger partial charge in [0.05, 0.1) is 6.10 Å². The molecule has 0 saturated heterocycles. The van der Waals surface area contributed by atoms with E-state index < -0.39 is 0 Å². The molecule has 2 N–H and O–H groups in total. The van der Waals surface area contributed by atoms with Crippen molar-refractivity contribution >= 4 is 17.5 Å². The summed E-state index contributed by atoms with van der Waals surface area (Å²) in [5, 5.41) is 13.2. The third-order valence-electron chi connectivity index (χ3n) is 3.59. The molecule has 1 aromatic rings. The fourth-order valence-electron chi connectivity index (χ4n) is 2.47. The van der Waals surface area contributed by atoms with Crippen molar-refractivity contribution < 1.29 is 9.90 Å². The number of rotatable bonds is 4. The first kappa shape index (κ1) is 14.4. The number of aliphatic hydroxyl groups is 1. The maximum Gasteiger partial charge on any atom is 0.220 e. The van der Waals surface area contributed by atoms with Gasteiger partial charge in [-0.2, -0.15) is 0 Å². The summed E-state index contributed by atoms with van der Waals surface area (Å²) in [5.41, 5.74) is 1.08. The van der Waals surface area contributed by atoms with Crippen molar-refractivity contribution in [3.05, 3.63) is 34.9 Å². The normalized spacial score (nSPS) is 23.1. The van der Waals surface area contributed by atoms with E-state index in [0.29, 0.717) is 17.9 Å². The number of aryl methyl sites for hydroxylation is 1. The van der Waals surface area contributed by atoms with E-state index >= 15 is 0 Å². The van der Waals surface area contributed by atoms with Gasteiger partial charge in [0.25, 0.3) is 0 Å². The molecule has 0 spiro atoms. The predicted octanol–water partition coefficient (Wildman–Crippen LogP) is 2.69. The molecule has 3 nitrogen and oxygen atoms in total. The molecule has 0 radical (unpaired) electrons. The number of hydrogen-bond acceptors (Lipinski definition) is 2. The van der Waals surface area contributed by atoms with Gasteiger partial charge in [-0.3, -0.25) is 4.79 Å². The number of aliphatic hydroxyl groups excluding tert-OH is 1. The average molecular weight is 282 g/mol. The van der Waals surface area contributed by atoms with Gasteiger partial charge in [-0.15, -0.1) is 0 Å². The average Bonchev–Trinajstić information content (AvgIpc) is 2.39. The Morgan fingerprint density at radius 3 is 2.74 bits per heavy atom. The Morgan fingerprint density at radius 2 is 2.05 bits per heavy atom. The van der Waals surface area contributed by atoms with Gasteiger partial charge in [0.1, 0.15) is 0 Å². The van der Waals surface area contributed by atoms with Crippen LogP contribution in [0.25, 0.3) is 0 Å². The zero-order valence-corrected chi connectivity index (χ0v) is 11.7. The van der Waals surface area contributed by atoms with E-state index in [9.17, 15) is 9.90 Å². The lowest BCUT2D eigenvalue weighted by molar-refractivity contribution is -0.122. The summed E-state index contributed by atoms with van der Waals surface area (Å²) in [6, 6.07) is 7.84. The minimum atomic E-state index is -0.181. The Morgan fingerprint density at radius 1 is 1.32 bits per heavy atom.